The molecule has 0 fully saturated rings. The van der Waals surface area contributed by atoms with Gasteiger partial charge in [-0.15, -0.1) is 0 Å². The number of ether oxygens (including phenoxy) is 1. The molecule has 0 spiro atoms. The Bertz CT molecular complexity index is 412. The molecule has 2 nitrogen and oxygen atoms in total. The van der Waals surface area contributed by atoms with Crippen LogP contribution in [-0.4, -0.2) is 13.2 Å². The van der Waals surface area contributed by atoms with Crippen molar-refractivity contribution in [3.05, 3.63) is 41.5 Å². The summed E-state index contributed by atoms with van der Waals surface area (Å²) in [7, 11) is 0. The Kier molecular flexibility index (Phi) is 6.65. The van der Waals surface area contributed by atoms with Gasteiger partial charge >= 0.3 is 0 Å². The average molecular weight is 261 g/mol. The molecule has 1 unspecified atom stereocenters. The van der Waals surface area contributed by atoms with Crippen LogP contribution in [0.15, 0.2) is 30.4 Å². The first kappa shape index (κ1) is 15.8. The fourth-order valence-electron chi connectivity index (χ4n) is 1.88. The molecule has 0 aromatic heterocycles. The van der Waals surface area contributed by atoms with Crippen molar-refractivity contribution in [1.82, 2.24) is 5.32 Å². The van der Waals surface area contributed by atoms with E-state index in [0.29, 0.717) is 12.6 Å². The van der Waals surface area contributed by atoms with Gasteiger partial charge in [0, 0.05) is 11.6 Å². The number of nitrogens with one attached hydrogen (secondary N) is 1. The molecule has 1 aromatic rings. The summed E-state index contributed by atoms with van der Waals surface area (Å²) in [5.74, 6) is 0.978. The largest absolute Gasteiger partial charge is 0.489 e. The Hall–Kier alpha value is -1.28. The van der Waals surface area contributed by atoms with Crippen LogP contribution in [0, 0.1) is 6.92 Å². The van der Waals surface area contributed by atoms with Gasteiger partial charge in [-0.2, -0.15) is 0 Å². The van der Waals surface area contributed by atoms with Gasteiger partial charge in [0.05, 0.1) is 0 Å². The number of benzene rings is 1. The van der Waals surface area contributed by atoms with Crippen molar-refractivity contribution in [1.29, 1.82) is 0 Å². The molecule has 0 aliphatic rings. The third-order valence-corrected chi connectivity index (χ3v) is 3.27. The molecule has 0 aliphatic heterocycles. The maximum atomic E-state index is 5.93. The monoisotopic (exact) mass is 261 g/mol. The number of hydrogen-bond acceptors (Lipinski definition) is 2. The second-order valence-corrected chi connectivity index (χ2v) is 5.11. The molecule has 1 N–H and O–H groups in total. The minimum absolute atomic E-state index is 0.311. The van der Waals surface area contributed by atoms with Gasteiger partial charge in [0.15, 0.2) is 0 Å². The number of hydrogen-bond donors (Lipinski definition) is 1. The molecule has 0 bridgehead atoms. The zero-order valence-corrected chi connectivity index (χ0v) is 12.8. The van der Waals surface area contributed by atoms with Crippen molar-refractivity contribution in [2.75, 3.05) is 13.2 Å². The van der Waals surface area contributed by atoms with Gasteiger partial charge < -0.3 is 10.1 Å². The van der Waals surface area contributed by atoms with E-state index in [-0.39, 0.29) is 0 Å². The topological polar surface area (TPSA) is 21.3 Å². The third-order valence-electron chi connectivity index (χ3n) is 3.27. The van der Waals surface area contributed by atoms with Crippen LogP contribution in [0.3, 0.4) is 0 Å². The van der Waals surface area contributed by atoms with E-state index in [1.54, 1.807) is 0 Å². The summed E-state index contributed by atoms with van der Waals surface area (Å²) >= 11 is 0. The summed E-state index contributed by atoms with van der Waals surface area (Å²) in [4.78, 5) is 0. The lowest BCUT2D eigenvalue weighted by molar-refractivity contribution is 0.340. The molecule has 0 aliphatic carbocycles. The van der Waals surface area contributed by atoms with E-state index in [1.165, 1.54) is 11.1 Å². The lowest BCUT2D eigenvalue weighted by atomic mass is 10.0. The maximum absolute atomic E-state index is 5.93. The van der Waals surface area contributed by atoms with Crippen molar-refractivity contribution in [2.24, 2.45) is 0 Å². The first-order chi connectivity index (χ1) is 9.08. The molecular weight excluding hydrogens is 234 g/mol. The van der Waals surface area contributed by atoms with E-state index in [2.05, 4.69) is 57.8 Å². The molecule has 1 atom stereocenters. The van der Waals surface area contributed by atoms with Crippen LogP contribution in [0.1, 0.15) is 50.8 Å². The summed E-state index contributed by atoms with van der Waals surface area (Å²) in [5, 5.41) is 3.51. The van der Waals surface area contributed by atoms with Gasteiger partial charge in [-0.1, -0.05) is 32.6 Å². The van der Waals surface area contributed by atoms with Crippen molar-refractivity contribution in [3.63, 3.8) is 0 Å². The zero-order chi connectivity index (χ0) is 14.3. The van der Waals surface area contributed by atoms with Gasteiger partial charge in [-0.05, 0) is 50.4 Å². The lowest BCUT2D eigenvalue weighted by Gasteiger charge is -2.19. The van der Waals surface area contributed by atoms with Gasteiger partial charge in [0.1, 0.15) is 12.4 Å². The molecule has 2 heteroatoms. The van der Waals surface area contributed by atoms with Crippen LogP contribution in [0.2, 0.25) is 0 Å². The van der Waals surface area contributed by atoms with Crippen molar-refractivity contribution in [3.8, 4) is 5.75 Å². The second-order valence-electron chi connectivity index (χ2n) is 5.11. The summed E-state index contributed by atoms with van der Waals surface area (Å²) in [6.45, 7) is 14.2. The van der Waals surface area contributed by atoms with E-state index in [4.69, 9.17) is 4.74 Å². The Morgan fingerprint density at radius 2 is 2.11 bits per heavy atom. The number of aryl methyl sites for hydroxylation is 1. The molecule has 0 amide bonds. The molecule has 19 heavy (non-hydrogen) atoms. The number of rotatable bonds is 8. The standard InChI is InChI=1S/C17H27NO/c1-6-10-18-15(5)16-9-8-14(4)11-17(16)19-12-13(3)7-2/h8-9,11,15,18H,3,6-7,10,12H2,1-2,4-5H3. The highest BCUT2D eigenvalue weighted by atomic mass is 16.5. The van der Waals surface area contributed by atoms with Gasteiger partial charge in [-0.3, -0.25) is 0 Å². The average Bonchev–Trinajstić information content (AvgIpc) is 2.42. The Morgan fingerprint density at radius 3 is 2.74 bits per heavy atom. The van der Waals surface area contributed by atoms with Crippen molar-refractivity contribution >= 4 is 0 Å². The first-order valence-electron chi connectivity index (χ1n) is 7.21. The van der Waals surface area contributed by atoms with E-state index in [0.717, 1.165) is 30.7 Å². The molecule has 1 rings (SSSR count). The smallest absolute Gasteiger partial charge is 0.124 e. The highest BCUT2D eigenvalue weighted by molar-refractivity contribution is 5.39. The summed E-state index contributed by atoms with van der Waals surface area (Å²) < 4.78 is 5.93. The van der Waals surface area contributed by atoms with E-state index >= 15 is 0 Å². The van der Waals surface area contributed by atoms with E-state index in [9.17, 15) is 0 Å². The molecule has 0 heterocycles. The Morgan fingerprint density at radius 1 is 1.37 bits per heavy atom. The normalized spacial score (nSPS) is 12.2. The SMILES string of the molecule is C=C(CC)COc1cc(C)ccc1C(C)NCCC. The summed E-state index contributed by atoms with van der Waals surface area (Å²) in [5.41, 5.74) is 3.58. The van der Waals surface area contributed by atoms with Gasteiger partial charge in [0.2, 0.25) is 0 Å². The van der Waals surface area contributed by atoms with Gasteiger partial charge in [0.25, 0.3) is 0 Å². The quantitative estimate of drug-likeness (QED) is 0.700. The van der Waals surface area contributed by atoms with Crippen LogP contribution >= 0.6 is 0 Å². The minimum Gasteiger partial charge on any atom is -0.489 e. The highest BCUT2D eigenvalue weighted by Crippen LogP contribution is 2.27. The predicted molar refractivity (Wildman–Crippen MR) is 82.8 cm³/mol. The van der Waals surface area contributed by atoms with Crippen LogP contribution in [-0.2, 0) is 0 Å². The lowest BCUT2D eigenvalue weighted by Crippen LogP contribution is -2.20. The minimum atomic E-state index is 0.311. The van der Waals surface area contributed by atoms with Crippen LogP contribution in [0.4, 0.5) is 0 Å². The predicted octanol–water partition coefficient (Wildman–Crippen LogP) is 4.40. The first-order valence-corrected chi connectivity index (χ1v) is 7.21. The maximum Gasteiger partial charge on any atom is 0.124 e. The zero-order valence-electron chi connectivity index (χ0n) is 12.8. The molecule has 0 saturated carbocycles. The molecule has 106 valence electrons. The summed E-state index contributed by atoms with van der Waals surface area (Å²) in [6.07, 6.45) is 2.10. The second kappa shape index (κ2) is 8.00. The van der Waals surface area contributed by atoms with Crippen LogP contribution in [0.25, 0.3) is 0 Å². The molecule has 1 aromatic carbocycles. The third kappa shape index (κ3) is 5.07. The fourth-order valence-corrected chi connectivity index (χ4v) is 1.88. The molecular formula is C17H27NO. The fraction of sp³-hybridized carbons (Fsp3) is 0.529. The summed E-state index contributed by atoms with van der Waals surface area (Å²) in [6, 6.07) is 6.72. The van der Waals surface area contributed by atoms with Gasteiger partial charge in [-0.25, -0.2) is 0 Å². The Labute approximate surface area is 117 Å². The van der Waals surface area contributed by atoms with E-state index < -0.39 is 0 Å². The van der Waals surface area contributed by atoms with Crippen molar-refractivity contribution < 1.29 is 4.74 Å². The molecule has 0 saturated heterocycles. The molecule has 0 radical (unpaired) electrons. The van der Waals surface area contributed by atoms with Crippen LogP contribution in [0.5, 0.6) is 5.75 Å². The van der Waals surface area contributed by atoms with Crippen molar-refractivity contribution in [2.45, 2.75) is 46.6 Å². The van der Waals surface area contributed by atoms with E-state index in [1.807, 2.05) is 0 Å². The Balaban J connectivity index is 2.81. The highest BCUT2D eigenvalue weighted by Gasteiger charge is 2.11. The van der Waals surface area contributed by atoms with Crippen LogP contribution < -0.4 is 10.1 Å².